The number of fused-ring (bicyclic) bond motifs is 1. The third-order valence-electron chi connectivity index (χ3n) is 2.15. The van der Waals surface area contributed by atoms with Gasteiger partial charge in [0.1, 0.15) is 0 Å². The largest absolute Gasteiger partial charge is 0.347 e. The number of aromatic nitrogens is 4. The number of rotatable bonds is 3. The summed E-state index contributed by atoms with van der Waals surface area (Å²) < 4.78 is 1.74. The van der Waals surface area contributed by atoms with E-state index in [9.17, 15) is 0 Å². The molecule has 6 heteroatoms. The Morgan fingerprint density at radius 2 is 2.38 bits per heavy atom. The molecule has 3 aromatic rings. The van der Waals surface area contributed by atoms with Gasteiger partial charge in [-0.2, -0.15) is 4.98 Å². The van der Waals surface area contributed by atoms with Crippen LogP contribution in [0.15, 0.2) is 35.3 Å². The molecule has 3 rings (SSSR count). The molecule has 0 radical (unpaired) electrons. The first-order chi connectivity index (χ1) is 7.92. The molecule has 0 aromatic carbocycles. The predicted octanol–water partition coefficient (Wildman–Crippen LogP) is 1.80. The second-order valence-corrected chi connectivity index (χ2v) is 3.99. The van der Waals surface area contributed by atoms with E-state index in [-0.39, 0.29) is 0 Å². The molecule has 0 fully saturated rings. The van der Waals surface area contributed by atoms with Crippen molar-refractivity contribution in [2.75, 3.05) is 5.32 Å². The van der Waals surface area contributed by atoms with Crippen LogP contribution in [0.25, 0.3) is 5.65 Å². The number of hydrogen-bond donors (Lipinski definition) is 1. The number of nitrogens with one attached hydrogen (secondary N) is 1. The molecule has 0 aliphatic rings. The minimum absolute atomic E-state index is 0.624. The lowest BCUT2D eigenvalue weighted by molar-refractivity contribution is 0.945. The first kappa shape index (κ1) is 9.29. The second kappa shape index (κ2) is 3.90. The lowest BCUT2D eigenvalue weighted by atomic mass is 10.5. The van der Waals surface area contributed by atoms with E-state index in [1.165, 1.54) is 0 Å². The summed E-state index contributed by atoms with van der Waals surface area (Å²) in [5, 5.41) is 9.42. The van der Waals surface area contributed by atoms with Gasteiger partial charge in [0.25, 0.3) is 0 Å². The van der Waals surface area contributed by atoms with Gasteiger partial charge in [0.05, 0.1) is 17.7 Å². The Balaban J connectivity index is 1.79. The van der Waals surface area contributed by atoms with E-state index in [0.717, 1.165) is 11.3 Å². The van der Waals surface area contributed by atoms with Gasteiger partial charge in [0.2, 0.25) is 5.95 Å². The minimum atomic E-state index is 0.624. The van der Waals surface area contributed by atoms with Crippen LogP contribution >= 0.6 is 11.3 Å². The Morgan fingerprint density at radius 3 is 3.19 bits per heavy atom. The fourth-order valence-electron chi connectivity index (χ4n) is 1.40. The smallest absolute Gasteiger partial charge is 0.243 e. The molecule has 0 bridgehead atoms. The molecule has 5 nitrogen and oxygen atoms in total. The summed E-state index contributed by atoms with van der Waals surface area (Å²) in [6.45, 7) is 0.653. The summed E-state index contributed by atoms with van der Waals surface area (Å²) in [6, 6.07) is 5.78. The number of thiazole rings is 1. The fourth-order valence-corrected chi connectivity index (χ4v) is 1.96. The zero-order valence-corrected chi connectivity index (χ0v) is 9.18. The van der Waals surface area contributed by atoms with Crippen LogP contribution in [-0.2, 0) is 6.54 Å². The van der Waals surface area contributed by atoms with Gasteiger partial charge < -0.3 is 5.32 Å². The molecule has 1 N–H and O–H groups in total. The minimum Gasteiger partial charge on any atom is -0.347 e. The monoisotopic (exact) mass is 231 g/mol. The maximum atomic E-state index is 4.33. The van der Waals surface area contributed by atoms with Crippen molar-refractivity contribution in [1.29, 1.82) is 0 Å². The fraction of sp³-hybridized carbons (Fsp3) is 0.100. The van der Waals surface area contributed by atoms with Crippen LogP contribution in [0.4, 0.5) is 5.95 Å². The van der Waals surface area contributed by atoms with E-state index in [0.29, 0.717) is 12.5 Å². The standard InChI is InChI=1S/C10H9N5S/c1-2-4-15-9(3-1)13-10(14-15)11-5-8-6-16-7-12-8/h1-4,6-7H,5H2,(H,11,14). The summed E-state index contributed by atoms with van der Waals surface area (Å²) in [5.74, 6) is 0.624. The quantitative estimate of drug-likeness (QED) is 0.746. The normalized spacial score (nSPS) is 10.8. The highest BCUT2D eigenvalue weighted by atomic mass is 32.1. The third kappa shape index (κ3) is 1.74. The van der Waals surface area contributed by atoms with Gasteiger partial charge in [-0.05, 0) is 12.1 Å². The van der Waals surface area contributed by atoms with E-state index < -0.39 is 0 Å². The van der Waals surface area contributed by atoms with E-state index in [1.807, 2.05) is 35.3 Å². The van der Waals surface area contributed by atoms with Crippen molar-refractivity contribution in [2.24, 2.45) is 0 Å². The van der Waals surface area contributed by atoms with Crippen molar-refractivity contribution >= 4 is 22.9 Å². The van der Waals surface area contributed by atoms with Crippen LogP contribution in [-0.4, -0.2) is 19.6 Å². The topological polar surface area (TPSA) is 55.1 Å². The van der Waals surface area contributed by atoms with Crippen LogP contribution in [0.5, 0.6) is 0 Å². The van der Waals surface area contributed by atoms with Crippen molar-refractivity contribution in [3.05, 3.63) is 41.0 Å². The van der Waals surface area contributed by atoms with E-state index in [1.54, 1.807) is 15.9 Å². The Labute approximate surface area is 95.8 Å². The van der Waals surface area contributed by atoms with Crippen molar-refractivity contribution in [2.45, 2.75) is 6.54 Å². The van der Waals surface area contributed by atoms with Gasteiger partial charge >= 0.3 is 0 Å². The molecule has 0 unspecified atom stereocenters. The second-order valence-electron chi connectivity index (χ2n) is 3.27. The van der Waals surface area contributed by atoms with Crippen molar-refractivity contribution in [1.82, 2.24) is 19.6 Å². The zero-order valence-electron chi connectivity index (χ0n) is 8.37. The first-order valence-corrected chi connectivity index (χ1v) is 5.78. The number of hydrogen-bond acceptors (Lipinski definition) is 5. The van der Waals surface area contributed by atoms with E-state index in [4.69, 9.17) is 0 Å². The maximum Gasteiger partial charge on any atom is 0.243 e. The Bertz CT molecular complexity index is 553. The highest BCUT2D eigenvalue weighted by Gasteiger charge is 2.02. The Kier molecular flexibility index (Phi) is 2.26. The molecule has 80 valence electrons. The molecular formula is C10H9N5S. The van der Waals surface area contributed by atoms with Gasteiger partial charge in [0, 0.05) is 11.6 Å². The van der Waals surface area contributed by atoms with E-state index in [2.05, 4.69) is 20.4 Å². The molecular weight excluding hydrogens is 222 g/mol. The molecule has 3 aromatic heterocycles. The lowest BCUT2D eigenvalue weighted by Gasteiger charge is -1.96. The predicted molar refractivity (Wildman–Crippen MR) is 62.4 cm³/mol. The Morgan fingerprint density at radius 1 is 1.38 bits per heavy atom. The van der Waals surface area contributed by atoms with Gasteiger partial charge in [0.15, 0.2) is 5.65 Å². The van der Waals surface area contributed by atoms with Crippen LogP contribution in [0.1, 0.15) is 5.69 Å². The number of nitrogens with zero attached hydrogens (tertiary/aromatic N) is 4. The maximum absolute atomic E-state index is 4.33. The lowest BCUT2D eigenvalue weighted by Crippen LogP contribution is -2.01. The number of anilines is 1. The van der Waals surface area contributed by atoms with Crippen LogP contribution in [0.3, 0.4) is 0 Å². The average Bonchev–Trinajstić information content (AvgIpc) is 2.95. The highest BCUT2D eigenvalue weighted by molar-refractivity contribution is 7.07. The van der Waals surface area contributed by atoms with Gasteiger partial charge in [-0.1, -0.05) is 6.07 Å². The number of pyridine rings is 1. The van der Waals surface area contributed by atoms with Crippen LogP contribution in [0, 0.1) is 0 Å². The van der Waals surface area contributed by atoms with Gasteiger partial charge in [-0.15, -0.1) is 16.4 Å². The van der Waals surface area contributed by atoms with Crippen molar-refractivity contribution in [3.8, 4) is 0 Å². The summed E-state index contributed by atoms with van der Waals surface area (Å²) >= 11 is 1.58. The van der Waals surface area contributed by atoms with Gasteiger partial charge in [-0.3, -0.25) is 0 Å². The van der Waals surface area contributed by atoms with Gasteiger partial charge in [-0.25, -0.2) is 9.50 Å². The Hall–Kier alpha value is -1.95. The first-order valence-electron chi connectivity index (χ1n) is 4.84. The molecule has 0 saturated carbocycles. The molecule has 3 heterocycles. The molecule has 0 atom stereocenters. The van der Waals surface area contributed by atoms with Crippen LogP contribution in [0.2, 0.25) is 0 Å². The molecule has 0 amide bonds. The summed E-state index contributed by atoms with van der Waals surface area (Å²) in [7, 11) is 0. The van der Waals surface area contributed by atoms with Crippen molar-refractivity contribution < 1.29 is 0 Å². The molecule has 0 aliphatic carbocycles. The summed E-state index contributed by atoms with van der Waals surface area (Å²) in [5.41, 5.74) is 3.65. The SMILES string of the molecule is c1ccn2nc(NCc3cscn3)nc2c1. The zero-order chi connectivity index (χ0) is 10.8. The molecule has 16 heavy (non-hydrogen) atoms. The van der Waals surface area contributed by atoms with Crippen LogP contribution < -0.4 is 5.32 Å². The molecule has 0 saturated heterocycles. The highest BCUT2D eigenvalue weighted by Crippen LogP contribution is 2.07. The molecule has 0 spiro atoms. The van der Waals surface area contributed by atoms with Crippen molar-refractivity contribution in [3.63, 3.8) is 0 Å². The third-order valence-corrected chi connectivity index (χ3v) is 2.79. The summed E-state index contributed by atoms with van der Waals surface area (Å²) in [6.07, 6.45) is 1.87. The summed E-state index contributed by atoms with van der Waals surface area (Å²) in [4.78, 5) is 8.51. The van der Waals surface area contributed by atoms with E-state index >= 15 is 0 Å². The molecule has 0 aliphatic heterocycles. The average molecular weight is 231 g/mol.